The Hall–Kier alpha value is -1.43. The van der Waals surface area contributed by atoms with Crippen molar-refractivity contribution in [3.63, 3.8) is 0 Å². The Balaban J connectivity index is 3.02. The molecule has 0 radical (unpaired) electrons. The monoisotopic (exact) mass is 199 g/mol. The number of nitrogens with zero attached hydrogens (tertiary/aromatic N) is 3. The van der Waals surface area contributed by atoms with Crippen LogP contribution in [0, 0.1) is 17.0 Å². The molecule has 1 heterocycles. The van der Waals surface area contributed by atoms with E-state index in [-0.39, 0.29) is 11.9 Å². The highest BCUT2D eigenvalue weighted by molar-refractivity contribution is 5.28. The number of rotatable bonds is 3. The van der Waals surface area contributed by atoms with E-state index in [1.807, 2.05) is 0 Å². The second-order valence-corrected chi connectivity index (χ2v) is 3.35. The zero-order valence-corrected chi connectivity index (χ0v) is 8.34. The van der Waals surface area contributed by atoms with E-state index in [4.69, 9.17) is 0 Å². The Bertz CT molecular complexity index is 346. The van der Waals surface area contributed by atoms with Gasteiger partial charge in [-0.3, -0.25) is 0 Å². The first-order valence-electron chi connectivity index (χ1n) is 4.31. The summed E-state index contributed by atoms with van der Waals surface area (Å²) >= 11 is 0. The van der Waals surface area contributed by atoms with Crippen LogP contribution in [0.1, 0.15) is 25.5 Å². The predicted octanol–water partition coefficient (Wildman–Crippen LogP) is 1.04. The summed E-state index contributed by atoms with van der Waals surface area (Å²) in [4.78, 5) is 9.97. The molecular weight excluding hydrogens is 186 g/mol. The summed E-state index contributed by atoms with van der Waals surface area (Å²) in [7, 11) is 0. The van der Waals surface area contributed by atoms with Gasteiger partial charge in [0, 0.05) is 0 Å². The quantitative estimate of drug-likeness (QED) is 0.582. The molecule has 0 bridgehead atoms. The number of aliphatic hydroxyl groups is 1. The molecule has 1 aromatic heterocycles. The molecule has 2 atom stereocenters. The Kier molecular flexibility index (Phi) is 2.85. The van der Waals surface area contributed by atoms with E-state index in [1.54, 1.807) is 27.0 Å². The molecule has 14 heavy (non-hydrogen) atoms. The van der Waals surface area contributed by atoms with Crippen LogP contribution in [0.4, 0.5) is 5.82 Å². The molecule has 78 valence electrons. The van der Waals surface area contributed by atoms with Crippen molar-refractivity contribution in [3.05, 3.63) is 21.9 Å². The fourth-order valence-electron chi connectivity index (χ4n) is 1.08. The van der Waals surface area contributed by atoms with Gasteiger partial charge in [0.2, 0.25) is 0 Å². The normalized spacial score (nSPS) is 15.1. The van der Waals surface area contributed by atoms with E-state index < -0.39 is 11.0 Å². The topological polar surface area (TPSA) is 81.2 Å². The van der Waals surface area contributed by atoms with Crippen LogP contribution in [-0.4, -0.2) is 25.9 Å². The summed E-state index contributed by atoms with van der Waals surface area (Å²) in [5.41, 5.74) is 0.502. The molecule has 0 fully saturated rings. The minimum atomic E-state index is -0.589. The van der Waals surface area contributed by atoms with Crippen molar-refractivity contribution in [1.29, 1.82) is 0 Å². The third kappa shape index (κ3) is 1.90. The highest BCUT2D eigenvalue weighted by atomic mass is 16.6. The van der Waals surface area contributed by atoms with Gasteiger partial charge in [-0.25, -0.2) is 0 Å². The second kappa shape index (κ2) is 3.75. The van der Waals surface area contributed by atoms with Crippen molar-refractivity contribution in [2.75, 3.05) is 0 Å². The second-order valence-electron chi connectivity index (χ2n) is 3.35. The highest BCUT2D eigenvalue weighted by Gasteiger charge is 2.22. The van der Waals surface area contributed by atoms with Gasteiger partial charge in [0.25, 0.3) is 0 Å². The Morgan fingerprint density at radius 2 is 2.21 bits per heavy atom. The average molecular weight is 199 g/mol. The molecule has 0 aliphatic carbocycles. The summed E-state index contributed by atoms with van der Waals surface area (Å²) in [6.07, 6.45) is 0.976. The van der Waals surface area contributed by atoms with Crippen LogP contribution < -0.4 is 0 Å². The molecule has 6 heteroatoms. The van der Waals surface area contributed by atoms with Crippen LogP contribution in [-0.2, 0) is 0 Å². The molecule has 0 saturated carbocycles. The lowest BCUT2D eigenvalue weighted by Crippen LogP contribution is -2.18. The zero-order valence-electron chi connectivity index (χ0n) is 8.34. The molecule has 0 spiro atoms. The first-order chi connectivity index (χ1) is 6.43. The number of hydrogen-bond donors (Lipinski definition) is 1. The van der Waals surface area contributed by atoms with Crippen LogP contribution in [0.3, 0.4) is 0 Å². The zero-order chi connectivity index (χ0) is 10.9. The summed E-state index contributed by atoms with van der Waals surface area (Å²) in [5, 5.41) is 23.6. The van der Waals surface area contributed by atoms with Gasteiger partial charge < -0.3 is 15.2 Å². The fraction of sp³-hybridized carbons (Fsp3) is 0.625. The Morgan fingerprint density at radius 1 is 1.64 bits per heavy atom. The van der Waals surface area contributed by atoms with Crippen LogP contribution in [0.5, 0.6) is 0 Å². The number of nitro groups is 1. The summed E-state index contributed by atoms with van der Waals surface area (Å²) in [6.45, 7) is 4.99. The smallest absolute Gasteiger partial charge is 0.391 e. The predicted molar refractivity (Wildman–Crippen MR) is 50.0 cm³/mol. The van der Waals surface area contributed by atoms with Gasteiger partial charge in [-0.15, -0.1) is 0 Å². The lowest BCUT2D eigenvalue weighted by molar-refractivity contribution is -0.390. The van der Waals surface area contributed by atoms with Crippen LogP contribution in [0.15, 0.2) is 6.20 Å². The maximum absolute atomic E-state index is 10.5. The third-order valence-corrected chi connectivity index (χ3v) is 2.18. The minimum Gasteiger partial charge on any atom is -0.391 e. The van der Waals surface area contributed by atoms with Crippen LogP contribution >= 0.6 is 0 Å². The van der Waals surface area contributed by atoms with Crippen molar-refractivity contribution in [2.24, 2.45) is 0 Å². The van der Waals surface area contributed by atoms with E-state index in [0.717, 1.165) is 0 Å². The maximum atomic E-state index is 10.5. The van der Waals surface area contributed by atoms with Crippen LogP contribution in [0.25, 0.3) is 0 Å². The minimum absolute atomic E-state index is 0.155. The molecule has 0 aromatic carbocycles. The molecule has 0 saturated heterocycles. The van der Waals surface area contributed by atoms with E-state index in [1.165, 1.54) is 4.68 Å². The highest BCUT2D eigenvalue weighted by Crippen LogP contribution is 2.18. The Morgan fingerprint density at radius 3 is 2.57 bits per heavy atom. The molecule has 1 N–H and O–H groups in total. The standard InChI is InChI=1S/C8H13N3O3/c1-5-4-10(6(2)7(3)12)9-8(5)11(13)14/h4,6-7,12H,1-3H3. The molecule has 2 unspecified atom stereocenters. The number of aliphatic hydroxyl groups excluding tert-OH is 1. The first-order valence-corrected chi connectivity index (χ1v) is 4.31. The summed E-state index contributed by atoms with van der Waals surface area (Å²) in [5.74, 6) is -0.155. The molecule has 1 rings (SSSR count). The van der Waals surface area contributed by atoms with Gasteiger partial charge in [-0.05, 0) is 25.7 Å². The lowest BCUT2D eigenvalue weighted by Gasteiger charge is -2.10. The van der Waals surface area contributed by atoms with E-state index in [9.17, 15) is 15.2 Å². The third-order valence-electron chi connectivity index (χ3n) is 2.18. The molecule has 0 aliphatic heterocycles. The molecule has 6 nitrogen and oxygen atoms in total. The van der Waals surface area contributed by atoms with Crippen molar-refractivity contribution in [1.82, 2.24) is 9.78 Å². The lowest BCUT2D eigenvalue weighted by atomic mass is 10.2. The Labute approximate surface area is 81.3 Å². The van der Waals surface area contributed by atoms with Gasteiger partial charge in [-0.1, -0.05) is 0 Å². The maximum Gasteiger partial charge on any atom is 0.392 e. The van der Waals surface area contributed by atoms with Crippen molar-refractivity contribution < 1.29 is 10.0 Å². The molecule has 0 aliphatic rings. The molecular formula is C8H13N3O3. The number of aromatic nitrogens is 2. The SMILES string of the molecule is Cc1cn(C(C)C(C)O)nc1[N+](=O)[O-]. The van der Waals surface area contributed by atoms with Crippen molar-refractivity contribution >= 4 is 5.82 Å². The summed E-state index contributed by atoms with van der Waals surface area (Å²) in [6, 6.07) is -0.262. The number of aryl methyl sites for hydroxylation is 1. The first kappa shape index (κ1) is 10.6. The van der Waals surface area contributed by atoms with Gasteiger partial charge in [0.05, 0.1) is 29.0 Å². The van der Waals surface area contributed by atoms with Gasteiger partial charge in [0.15, 0.2) is 0 Å². The van der Waals surface area contributed by atoms with Crippen molar-refractivity contribution in [3.8, 4) is 0 Å². The summed E-state index contributed by atoms with van der Waals surface area (Å²) < 4.78 is 1.41. The van der Waals surface area contributed by atoms with Gasteiger partial charge >= 0.3 is 5.82 Å². The van der Waals surface area contributed by atoms with Crippen LogP contribution in [0.2, 0.25) is 0 Å². The largest absolute Gasteiger partial charge is 0.392 e. The molecule has 0 amide bonds. The van der Waals surface area contributed by atoms with Gasteiger partial charge in [0.1, 0.15) is 0 Å². The van der Waals surface area contributed by atoms with Gasteiger partial charge in [-0.2, -0.15) is 4.68 Å². The molecule has 1 aromatic rings. The van der Waals surface area contributed by atoms with E-state index in [0.29, 0.717) is 5.56 Å². The van der Waals surface area contributed by atoms with Crippen molar-refractivity contribution in [2.45, 2.75) is 32.9 Å². The number of hydrogen-bond acceptors (Lipinski definition) is 4. The van der Waals surface area contributed by atoms with E-state index >= 15 is 0 Å². The fourth-order valence-corrected chi connectivity index (χ4v) is 1.08. The average Bonchev–Trinajstić information content (AvgIpc) is 2.45. The van der Waals surface area contributed by atoms with E-state index in [2.05, 4.69) is 5.10 Å².